The minimum Gasteiger partial charge on any atom is -0.370 e. The molecule has 4 atom stereocenters. The molecule has 0 fully saturated rings. The number of hydrogen-bond donors (Lipinski definition) is 11. The van der Waals surface area contributed by atoms with Gasteiger partial charge < -0.3 is 49.5 Å². The highest BCUT2D eigenvalue weighted by molar-refractivity contribution is 6.30. The molecular weight excluding hydrogens is 758 g/mol. The first-order chi connectivity index (χ1) is 27.8. The number of guanidine groups is 2. The van der Waals surface area contributed by atoms with Gasteiger partial charge in [-0.05, 0) is 77.6 Å². The van der Waals surface area contributed by atoms with Gasteiger partial charge >= 0.3 is 0 Å². The summed E-state index contributed by atoms with van der Waals surface area (Å²) in [7, 11) is 0. The van der Waals surface area contributed by atoms with Crippen molar-refractivity contribution in [3.05, 3.63) is 119 Å². The number of carbonyl (C=O) groups is 4. The molecule has 0 aliphatic carbocycles. The quantitative estimate of drug-likeness (QED) is 0.0334. The Morgan fingerprint density at radius 3 is 1.45 bits per heavy atom. The van der Waals surface area contributed by atoms with Crippen molar-refractivity contribution in [2.75, 3.05) is 13.1 Å². The van der Waals surface area contributed by atoms with Crippen molar-refractivity contribution in [1.82, 2.24) is 26.6 Å². The van der Waals surface area contributed by atoms with Crippen LogP contribution in [-0.4, -0.2) is 72.8 Å². The van der Waals surface area contributed by atoms with Crippen molar-refractivity contribution in [3.8, 4) is 22.3 Å². The minimum atomic E-state index is -1.20. The molecule has 0 saturated heterocycles. The third-order valence-corrected chi connectivity index (χ3v) is 9.57. The maximum atomic E-state index is 14.0. The lowest BCUT2D eigenvalue weighted by molar-refractivity contribution is -0.133. The van der Waals surface area contributed by atoms with E-state index in [1.807, 2.05) is 91.0 Å². The predicted octanol–water partition coefficient (Wildman–Crippen LogP) is 2.25. The zero-order valence-corrected chi connectivity index (χ0v) is 32.9. The van der Waals surface area contributed by atoms with E-state index in [1.54, 1.807) is 12.1 Å². The second kappa shape index (κ2) is 22.3. The van der Waals surface area contributed by atoms with Crippen molar-refractivity contribution in [2.24, 2.45) is 22.9 Å². The first-order valence-corrected chi connectivity index (χ1v) is 19.3. The van der Waals surface area contributed by atoms with E-state index in [2.05, 4.69) is 26.6 Å². The maximum absolute atomic E-state index is 14.0. The van der Waals surface area contributed by atoms with Gasteiger partial charge in [-0.15, -0.1) is 0 Å². The SMILES string of the molecule is N=C(N)NCCC[C@H](NC(=O)[C@H](Cc1ccc(-c2ccc(Cl)cc2)cc1)NC(=O)[C@H](CCCNC(=N)N)NC(=O)[C@@H](N)Cc1ccc(-c2ccccc2)cc1)C(N)=O. The number of benzene rings is 4. The van der Waals surface area contributed by atoms with E-state index in [9.17, 15) is 19.2 Å². The molecule has 0 saturated carbocycles. The molecule has 58 heavy (non-hydrogen) atoms. The third-order valence-electron chi connectivity index (χ3n) is 9.32. The van der Waals surface area contributed by atoms with Crippen LogP contribution in [0.4, 0.5) is 0 Å². The summed E-state index contributed by atoms with van der Waals surface area (Å²) in [6, 6.07) is 27.9. The maximum Gasteiger partial charge on any atom is 0.243 e. The molecule has 0 aliphatic heterocycles. The molecule has 15 nitrogen and oxygen atoms in total. The van der Waals surface area contributed by atoms with Crippen LogP contribution in [0.3, 0.4) is 0 Å². The van der Waals surface area contributed by atoms with Crippen molar-refractivity contribution < 1.29 is 19.2 Å². The Morgan fingerprint density at radius 2 is 0.948 bits per heavy atom. The minimum absolute atomic E-state index is 0.0287. The monoisotopic (exact) mass is 809 g/mol. The summed E-state index contributed by atoms with van der Waals surface area (Å²) in [6.07, 6.45) is 1.18. The summed E-state index contributed by atoms with van der Waals surface area (Å²) < 4.78 is 0. The Bertz CT molecular complexity index is 2000. The van der Waals surface area contributed by atoms with Crippen molar-refractivity contribution in [2.45, 2.75) is 62.7 Å². The smallest absolute Gasteiger partial charge is 0.243 e. The van der Waals surface area contributed by atoms with Gasteiger partial charge in [-0.25, -0.2) is 0 Å². The molecule has 0 unspecified atom stereocenters. The number of nitrogens with one attached hydrogen (secondary N) is 7. The van der Waals surface area contributed by atoms with E-state index in [4.69, 9.17) is 45.4 Å². The first-order valence-electron chi connectivity index (χ1n) is 18.9. The summed E-state index contributed by atoms with van der Waals surface area (Å²) in [5.74, 6) is -3.15. The normalized spacial score (nSPS) is 12.9. The first kappa shape index (κ1) is 44.3. The topological polar surface area (TPSA) is 280 Å². The molecule has 0 radical (unpaired) electrons. The number of rotatable bonds is 21. The van der Waals surface area contributed by atoms with Crippen LogP contribution in [0.5, 0.6) is 0 Å². The van der Waals surface area contributed by atoms with Crippen molar-refractivity contribution in [3.63, 3.8) is 0 Å². The summed E-state index contributed by atoms with van der Waals surface area (Å²) >= 11 is 6.06. The molecule has 0 bridgehead atoms. The van der Waals surface area contributed by atoms with E-state index in [0.717, 1.165) is 27.8 Å². The molecule has 4 amide bonds. The Balaban J connectivity index is 1.52. The van der Waals surface area contributed by atoms with Crippen LogP contribution in [0.1, 0.15) is 36.8 Å². The Labute approximate surface area is 343 Å². The Kier molecular flexibility index (Phi) is 17.0. The number of carbonyl (C=O) groups excluding carboxylic acids is 4. The summed E-state index contributed by atoms with van der Waals surface area (Å²) in [6.45, 7) is 0.521. The van der Waals surface area contributed by atoms with Crippen LogP contribution in [-0.2, 0) is 32.0 Å². The molecule has 0 aliphatic rings. The molecule has 0 spiro atoms. The fourth-order valence-electron chi connectivity index (χ4n) is 6.17. The van der Waals surface area contributed by atoms with Gasteiger partial charge in [-0.3, -0.25) is 30.0 Å². The molecule has 15 N–H and O–H groups in total. The highest BCUT2D eigenvalue weighted by Gasteiger charge is 2.30. The molecule has 306 valence electrons. The molecule has 4 aromatic rings. The Hall–Kier alpha value is -6.45. The zero-order valence-electron chi connectivity index (χ0n) is 32.1. The van der Waals surface area contributed by atoms with Crippen molar-refractivity contribution in [1.29, 1.82) is 10.8 Å². The van der Waals surface area contributed by atoms with Crippen LogP contribution >= 0.6 is 11.6 Å². The Morgan fingerprint density at radius 1 is 0.534 bits per heavy atom. The second-order valence-corrected chi connectivity index (χ2v) is 14.3. The molecular formula is C42H52ClN11O4. The predicted molar refractivity (Wildman–Crippen MR) is 227 cm³/mol. The van der Waals surface area contributed by atoms with Gasteiger partial charge in [0.1, 0.15) is 18.1 Å². The van der Waals surface area contributed by atoms with Gasteiger partial charge in [0.2, 0.25) is 23.6 Å². The van der Waals surface area contributed by atoms with E-state index < -0.39 is 47.8 Å². The van der Waals surface area contributed by atoms with Crippen LogP contribution in [0.2, 0.25) is 5.02 Å². The molecule has 16 heteroatoms. The highest BCUT2D eigenvalue weighted by Crippen LogP contribution is 2.23. The number of hydrogen-bond acceptors (Lipinski definition) is 7. The number of primary amides is 1. The van der Waals surface area contributed by atoms with Gasteiger partial charge in [-0.1, -0.05) is 103 Å². The van der Waals surface area contributed by atoms with Crippen LogP contribution in [0, 0.1) is 10.8 Å². The molecule has 4 aromatic carbocycles. The van der Waals surface area contributed by atoms with Gasteiger partial charge in [0, 0.05) is 24.5 Å². The fraction of sp³-hybridized carbons (Fsp3) is 0.286. The van der Waals surface area contributed by atoms with Gasteiger partial charge in [0.25, 0.3) is 0 Å². The van der Waals surface area contributed by atoms with E-state index in [0.29, 0.717) is 23.4 Å². The van der Waals surface area contributed by atoms with Gasteiger partial charge in [0.05, 0.1) is 6.04 Å². The lowest BCUT2D eigenvalue weighted by Gasteiger charge is -2.26. The molecule has 0 aromatic heterocycles. The summed E-state index contributed by atoms with van der Waals surface area (Å²) in [5.41, 5.74) is 28.2. The van der Waals surface area contributed by atoms with Crippen molar-refractivity contribution >= 4 is 47.1 Å². The zero-order chi connectivity index (χ0) is 42.0. The fourth-order valence-corrected chi connectivity index (χ4v) is 6.29. The van der Waals surface area contributed by atoms with E-state index in [1.165, 1.54) is 0 Å². The third kappa shape index (κ3) is 14.6. The number of amides is 4. The lowest BCUT2D eigenvalue weighted by atomic mass is 9.99. The average Bonchev–Trinajstić information content (AvgIpc) is 3.20. The van der Waals surface area contributed by atoms with Gasteiger partial charge in [-0.2, -0.15) is 0 Å². The number of halogens is 1. The summed E-state index contributed by atoms with van der Waals surface area (Å²) in [4.78, 5) is 53.8. The summed E-state index contributed by atoms with van der Waals surface area (Å²) in [5, 5.41) is 29.0. The largest absolute Gasteiger partial charge is 0.370 e. The van der Waals surface area contributed by atoms with E-state index >= 15 is 0 Å². The molecule has 4 rings (SSSR count). The van der Waals surface area contributed by atoms with Gasteiger partial charge in [0.15, 0.2) is 11.9 Å². The van der Waals surface area contributed by atoms with Crippen LogP contribution < -0.4 is 49.5 Å². The average molecular weight is 810 g/mol. The highest BCUT2D eigenvalue weighted by atomic mass is 35.5. The second-order valence-electron chi connectivity index (χ2n) is 13.8. The standard InChI is InChI=1S/C42H52ClN11O4/c43-32-20-18-31(19-21-32)30-16-12-27(13-17-30)25-36(40(58)52-34(37(45)55)8-4-22-50-41(46)47)54-39(57)35(9-5-23-51-42(48)49)53-38(56)33(44)24-26-10-14-29(15-11-26)28-6-2-1-3-7-28/h1-3,6-7,10-21,33-36H,4-5,8-9,22-25,44H2,(H2,45,55)(H,52,58)(H,53,56)(H,54,57)(H4,46,47,50)(H4,48,49,51)/t33-,34-,35-,36-/m0/s1. The number of nitrogens with two attached hydrogens (primary N) is 4. The molecule has 0 heterocycles. The van der Waals surface area contributed by atoms with Crippen LogP contribution in [0.25, 0.3) is 22.3 Å². The van der Waals surface area contributed by atoms with Crippen LogP contribution in [0.15, 0.2) is 103 Å². The van der Waals surface area contributed by atoms with E-state index in [-0.39, 0.29) is 50.7 Å². The lowest BCUT2D eigenvalue weighted by Crippen LogP contribution is -2.58.